The van der Waals surface area contributed by atoms with Crippen molar-refractivity contribution >= 4 is 55.8 Å². The van der Waals surface area contributed by atoms with Crippen LogP contribution in [0.3, 0.4) is 0 Å². The van der Waals surface area contributed by atoms with Crippen LogP contribution < -0.4 is 9.80 Å². The molecule has 0 spiro atoms. The molecule has 0 saturated carbocycles. The second kappa shape index (κ2) is 16.2. The van der Waals surface area contributed by atoms with Crippen LogP contribution in [0.4, 0.5) is 17.1 Å². The number of nitrogens with zero attached hydrogens (tertiary/aromatic N) is 4. The number of anilines is 3. The summed E-state index contributed by atoms with van der Waals surface area (Å²) in [5.74, 6) is 1.41. The zero-order valence-electron chi connectivity index (χ0n) is 38.9. The number of hydrogen-bond donors (Lipinski definition) is 0. The lowest BCUT2D eigenvalue weighted by Crippen LogP contribution is -2.30. The molecule has 4 nitrogen and oxygen atoms in total. The maximum atomic E-state index is 5.35. The first-order chi connectivity index (χ1) is 34.1. The summed E-state index contributed by atoms with van der Waals surface area (Å²) in [6.07, 6.45) is 37.6. The molecular formula is C65H52N4. The SMILES string of the molecule is Cc1c(-c2cccc(C3=CCCC=C3)c2)nc(C2=CCCC=C2)nc1-c1ccc2cc(N3C4=Cc5c(cccc5N5c6cc7ccccc7cc6C6C=CC=CC65)CC4C4=C3CCC=C4)ccc2c1. The monoisotopic (exact) mass is 888 g/mol. The van der Waals surface area contributed by atoms with E-state index in [1.807, 2.05) is 0 Å². The van der Waals surface area contributed by atoms with E-state index >= 15 is 0 Å². The van der Waals surface area contributed by atoms with Crippen LogP contribution in [0, 0.1) is 12.8 Å². The van der Waals surface area contributed by atoms with E-state index in [4.69, 9.17) is 9.97 Å². The standard InChI is InChI=1S/C65H52N4/c1-41-63(50-24-14-22-44(34-50)42-16-4-2-5-17-42)66-65(43-18-6-3-7-19-43)67-64(41)51-31-30-48-36-52(33-32-47(48)35-51)68-58-27-12-10-25-53(58)57-38-49-23-15-29-60(55(49)40-62(57)68)69-59-28-13-11-26-54(59)56-37-45-20-8-9-21-46(45)39-61(56)69/h4,6,8-11,13-26,28-37,39-40,54,57,59H,2-3,5,7,12,27,38H2,1H3. The maximum Gasteiger partial charge on any atom is 0.160 e. The lowest BCUT2D eigenvalue weighted by Gasteiger charge is -2.34. The van der Waals surface area contributed by atoms with Crippen molar-refractivity contribution in [2.75, 3.05) is 9.80 Å². The summed E-state index contributed by atoms with van der Waals surface area (Å²) in [5, 5.41) is 5.02. The third-order valence-corrected chi connectivity index (χ3v) is 15.7. The van der Waals surface area contributed by atoms with Gasteiger partial charge in [-0.1, -0.05) is 146 Å². The molecule has 7 aromatic rings. The van der Waals surface area contributed by atoms with Gasteiger partial charge in [-0.2, -0.15) is 0 Å². The van der Waals surface area contributed by atoms with E-state index in [2.05, 4.69) is 211 Å². The minimum Gasteiger partial charge on any atom is -0.333 e. The maximum absolute atomic E-state index is 5.35. The van der Waals surface area contributed by atoms with E-state index in [9.17, 15) is 0 Å². The van der Waals surface area contributed by atoms with Gasteiger partial charge in [0.1, 0.15) is 0 Å². The van der Waals surface area contributed by atoms with Crippen molar-refractivity contribution in [1.29, 1.82) is 0 Å². The lowest BCUT2D eigenvalue weighted by atomic mass is 9.82. The Labute approximate surface area is 404 Å². The second-order valence-electron chi connectivity index (χ2n) is 19.7. The molecule has 0 bridgehead atoms. The van der Waals surface area contributed by atoms with Gasteiger partial charge in [-0.05, 0) is 150 Å². The summed E-state index contributed by atoms with van der Waals surface area (Å²) in [6, 6.07) is 43.8. The Kier molecular flexibility index (Phi) is 9.43. The number of rotatable bonds is 6. The van der Waals surface area contributed by atoms with Gasteiger partial charge in [0.2, 0.25) is 0 Å². The van der Waals surface area contributed by atoms with Crippen LogP contribution in [-0.2, 0) is 6.42 Å². The van der Waals surface area contributed by atoms with Crippen molar-refractivity contribution in [2.24, 2.45) is 5.92 Å². The zero-order valence-corrected chi connectivity index (χ0v) is 38.9. The molecule has 332 valence electrons. The molecule has 5 aliphatic carbocycles. The van der Waals surface area contributed by atoms with Crippen molar-refractivity contribution in [2.45, 2.75) is 63.8 Å². The summed E-state index contributed by atoms with van der Waals surface area (Å²) in [4.78, 5) is 15.9. The summed E-state index contributed by atoms with van der Waals surface area (Å²) in [6.45, 7) is 2.19. The molecule has 3 heterocycles. The highest BCUT2D eigenvalue weighted by atomic mass is 15.2. The molecule has 0 radical (unpaired) electrons. The van der Waals surface area contributed by atoms with Gasteiger partial charge in [0, 0.05) is 68.1 Å². The predicted octanol–water partition coefficient (Wildman–Crippen LogP) is 16.3. The van der Waals surface area contributed by atoms with Crippen molar-refractivity contribution < 1.29 is 0 Å². The average molecular weight is 889 g/mol. The van der Waals surface area contributed by atoms with Gasteiger partial charge in [-0.25, -0.2) is 9.97 Å². The van der Waals surface area contributed by atoms with E-state index in [0.717, 1.165) is 84.4 Å². The molecule has 0 saturated heterocycles. The van der Waals surface area contributed by atoms with E-state index in [0.29, 0.717) is 11.8 Å². The van der Waals surface area contributed by atoms with Gasteiger partial charge in [0.05, 0.1) is 17.4 Å². The van der Waals surface area contributed by atoms with Crippen LogP contribution in [0.5, 0.6) is 0 Å². The van der Waals surface area contributed by atoms with Gasteiger partial charge < -0.3 is 9.80 Å². The van der Waals surface area contributed by atoms with E-state index in [-0.39, 0.29) is 6.04 Å². The number of allylic oxidation sites excluding steroid dienone is 14. The van der Waals surface area contributed by atoms with Gasteiger partial charge in [0.15, 0.2) is 5.82 Å². The topological polar surface area (TPSA) is 32.3 Å². The number of fused-ring (bicyclic) bond motifs is 8. The first-order valence-corrected chi connectivity index (χ1v) is 25.1. The van der Waals surface area contributed by atoms with E-state index in [1.54, 1.807) is 0 Å². The Balaban J connectivity index is 0.857. The fourth-order valence-electron chi connectivity index (χ4n) is 12.4. The van der Waals surface area contributed by atoms with Gasteiger partial charge >= 0.3 is 0 Å². The van der Waals surface area contributed by atoms with Crippen molar-refractivity contribution in [3.05, 3.63) is 239 Å². The van der Waals surface area contributed by atoms with E-state index < -0.39 is 0 Å². The van der Waals surface area contributed by atoms with E-state index in [1.165, 1.54) is 83.4 Å². The number of benzene rings is 6. The highest BCUT2D eigenvalue weighted by molar-refractivity contribution is 5.95. The van der Waals surface area contributed by atoms with Crippen molar-refractivity contribution in [1.82, 2.24) is 9.97 Å². The Morgan fingerprint density at radius 3 is 2.14 bits per heavy atom. The van der Waals surface area contributed by atoms with Crippen LogP contribution >= 0.6 is 0 Å². The van der Waals surface area contributed by atoms with Crippen LogP contribution in [-0.4, -0.2) is 16.0 Å². The molecule has 0 N–H and O–H groups in total. The first-order valence-electron chi connectivity index (χ1n) is 25.1. The molecule has 1 aromatic heterocycles. The molecule has 14 rings (SSSR count). The van der Waals surface area contributed by atoms with Crippen LogP contribution in [0.15, 0.2) is 205 Å². The van der Waals surface area contributed by atoms with Gasteiger partial charge in [-0.15, -0.1) is 0 Å². The number of aromatic nitrogens is 2. The quantitative estimate of drug-likeness (QED) is 0.167. The van der Waals surface area contributed by atoms with Gasteiger partial charge in [-0.3, -0.25) is 0 Å². The molecule has 7 aliphatic rings. The van der Waals surface area contributed by atoms with Gasteiger partial charge in [0.25, 0.3) is 0 Å². The highest BCUT2D eigenvalue weighted by Gasteiger charge is 2.42. The fourth-order valence-corrected chi connectivity index (χ4v) is 12.4. The normalized spacial score (nSPS) is 20.7. The molecular weight excluding hydrogens is 837 g/mol. The zero-order chi connectivity index (χ0) is 45.6. The Morgan fingerprint density at radius 1 is 0.580 bits per heavy atom. The summed E-state index contributed by atoms with van der Waals surface area (Å²) in [5.41, 5.74) is 21.2. The molecule has 4 heteroatoms. The minimum atomic E-state index is 0.224. The molecule has 3 atom stereocenters. The Hall–Kier alpha value is -7.82. The summed E-state index contributed by atoms with van der Waals surface area (Å²) >= 11 is 0. The van der Waals surface area contributed by atoms with Crippen LogP contribution in [0.1, 0.15) is 78.1 Å². The minimum absolute atomic E-state index is 0.224. The third-order valence-electron chi connectivity index (χ3n) is 15.7. The summed E-state index contributed by atoms with van der Waals surface area (Å²) < 4.78 is 0. The smallest absolute Gasteiger partial charge is 0.160 e. The Morgan fingerprint density at radius 2 is 1.30 bits per heavy atom. The largest absolute Gasteiger partial charge is 0.333 e. The average Bonchev–Trinajstić information content (AvgIpc) is 3.91. The molecule has 69 heavy (non-hydrogen) atoms. The predicted molar refractivity (Wildman–Crippen MR) is 288 cm³/mol. The third kappa shape index (κ3) is 6.64. The second-order valence-corrected chi connectivity index (χ2v) is 19.7. The molecule has 6 aromatic carbocycles. The van der Waals surface area contributed by atoms with Crippen LogP contribution in [0.25, 0.3) is 61.3 Å². The highest BCUT2D eigenvalue weighted by Crippen LogP contribution is 2.54. The van der Waals surface area contributed by atoms with Crippen LogP contribution in [0.2, 0.25) is 0 Å². The van der Waals surface area contributed by atoms with Crippen molar-refractivity contribution in [3.63, 3.8) is 0 Å². The first kappa shape index (κ1) is 40.3. The Bertz CT molecular complexity index is 3640. The lowest BCUT2D eigenvalue weighted by molar-refractivity contribution is 0.723. The molecule has 0 fully saturated rings. The van der Waals surface area contributed by atoms with Crippen molar-refractivity contribution in [3.8, 4) is 22.5 Å². The molecule has 3 unspecified atom stereocenters. The number of hydrogen-bond acceptors (Lipinski definition) is 4. The summed E-state index contributed by atoms with van der Waals surface area (Å²) in [7, 11) is 0. The molecule has 2 aliphatic heterocycles. The molecule has 0 amide bonds. The fraction of sp³-hybridized carbons (Fsp3) is 0.169.